The molecule has 3 nitrogen and oxygen atoms in total. The number of nitrogens with one attached hydrogen (secondary N) is 1. The summed E-state index contributed by atoms with van der Waals surface area (Å²) in [6.07, 6.45) is 8.23. The summed E-state index contributed by atoms with van der Waals surface area (Å²) in [7, 11) is 0. The zero-order valence-electron chi connectivity index (χ0n) is 12.4. The molecule has 0 saturated carbocycles. The Bertz CT molecular complexity index is 173. The van der Waals surface area contributed by atoms with Crippen molar-refractivity contribution < 1.29 is 4.74 Å². The molecule has 1 unspecified atom stereocenters. The van der Waals surface area contributed by atoms with E-state index in [2.05, 4.69) is 24.1 Å². The van der Waals surface area contributed by atoms with Gasteiger partial charge in [-0.25, -0.2) is 0 Å². The van der Waals surface area contributed by atoms with Gasteiger partial charge in [0.15, 0.2) is 0 Å². The number of hydrogen-bond acceptors (Lipinski definition) is 3. The van der Waals surface area contributed by atoms with E-state index in [9.17, 15) is 0 Å². The maximum absolute atomic E-state index is 5.85. The molecule has 3 heteroatoms. The summed E-state index contributed by atoms with van der Waals surface area (Å²) in [4.78, 5) is 2.57. The number of nitrogens with zero attached hydrogens (tertiary/aromatic N) is 1. The summed E-state index contributed by atoms with van der Waals surface area (Å²) in [5.41, 5.74) is 0. The second-order valence-electron chi connectivity index (χ2n) is 5.34. The van der Waals surface area contributed by atoms with E-state index in [4.69, 9.17) is 4.74 Å². The molecule has 0 aromatic carbocycles. The van der Waals surface area contributed by atoms with Crippen LogP contribution in [-0.2, 0) is 4.74 Å². The van der Waals surface area contributed by atoms with Gasteiger partial charge in [0, 0.05) is 19.6 Å². The van der Waals surface area contributed by atoms with Gasteiger partial charge >= 0.3 is 0 Å². The molecule has 1 fully saturated rings. The van der Waals surface area contributed by atoms with E-state index in [1.54, 1.807) is 0 Å². The molecule has 0 aromatic heterocycles. The molecule has 1 saturated heterocycles. The molecule has 0 bridgehead atoms. The quantitative estimate of drug-likeness (QED) is 0.608. The molecule has 1 N–H and O–H groups in total. The molecule has 0 aliphatic carbocycles. The largest absolute Gasteiger partial charge is 0.377 e. The summed E-state index contributed by atoms with van der Waals surface area (Å²) in [6.45, 7) is 11.2. The SMILES string of the molecule is CCCC(CC)OCCNCCN1CCCCC1. The molecule has 18 heavy (non-hydrogen) atoms. The van der Waals surface area contributed by atoms with Gasteiger partial charge in [-0.15, -0.1) is 0 Å². The van der Waals surface area contributed by atoms with Crippen LogP contribution in [0.4, 0.5) is 0 Å². The van der Waals surface area contributed by atoms with E-state index in [1.807, 2.05) is 0 Å². The molecule has 0 aromatic rings. The van der Waals surface area contributed by atoms with Crippen LogP contribution in [0.1, 0.15) is 52.4 Å². The van der Waals surface area contributed by atoms with Crippen LogP contribution in [0.5, 0.6) is 0 Å². The Morgan fingerprint density at radius 3 is 2.56 bits per heavy atom. The maximum atomic E-state index is 5.85. The van der Waals surface area contributed by atoms with Crippen molar-refractivity contribution in [2.24, 2.45) is 0 Å². The van der Waals surface area contributed by atoms with E-state index >= 15 is 0 Å². The number of likely N-dealkylation sites (tertiary alicyclic amines) is 1. The normalized spacial score (nSPS) is 19.0. The molecule has 1 aliphatic rings. The van der Waals surface area contributed by atoms with Gasteiger partial charge in [-0.05, 0) is 38.8 Å². The van der Waals surface area contributed by atoms with Crippen molar-refractivity contribution in [3.63, 3.8) is 0 Å². The third-order valence-corrected chi connectivity index (χ3v) is 3.75. The van der Waals surface area contributed by atoms with Gasteiger partial charge in [0.25, 0.3) is 0 Å². The molecule has 0 amide bonds. The summed E-state index contributed by atoms with van der Waals surface area (Å²) in [5.74, 6) is 0. The van der Waals surface area contributed by atoms with Crippen LogP contribution in [0.15, 0.2) is 0 Å². The third kappa shape index (κ3) is 7.34. The summed E-state index contributed by atoms with van der Waals surface area (Å²) >= 11 is 0. The first-order chi connectivity index (χ1) is 8.86. The third-order valence-electron chi connectivity index (χ3n) is 3.75. The predicted molar refractivity (Wildman–Crippen MR) is 78.1 cm³/mol. The van der Waals surface area contributed by atoms with Crippen molar-refractivity contribution >= 4 is 0 Å². The lowest BCUT2D eigenvalue weighted by atomic mass is 10.1. The van der Waals surface area contributed by atoms with Crippen molar-refractivity contribution in [3.05, 3.63) is 0 Å². The number of hydrogen-bond donors (Lipinski definition) is 1. The molecule has 0 radical (unpaired) electrons. The minimum Gasteiger partial charge on any atom is -0.377 e. The van der Waals surface area contributed by atoms with Gasteiger partial charge in [0.1, 0.15) is 0 Å². The minimum absolute atomic E-state index is 0.471. The summed E-state index contributed by atoms with van der Waals surface area (Å²) in [6, 6.07) is 0. The van der Waals surface area contributed by atoms with Gasteiger partial charge in [0.05, 0.1) is 12.7 Å². The van der Waals surface area contributed by atoms with Crippen molar-refractivity contribution in [2.75, 3.05) is 39.3 Å². The van der Waals surface area contributed by atoms with Gasteiger partial charge < -0.3 is 15.0 Å². The molecule has 1 aliphatic heterocycles. The average molecular weight is 256 g/mol. The van der Waals surface area contributed by atoms with E-state index in [0.717, 1.165) is 26.1 Å². The first-order valence-electron chi connectivity index (χ1n) is 7.91. The van der Waals surface area contributed by atoms with Crippen LogP contribution in [0.25, 0.3) is 0 Å². The monoisotopic (exact) mass is 256 g/mol. The first kappa shape index (κ1) is 15.9. The minimum atomic E-state index is 0.471. The highest BCUT2D eigenvalue weighted by Gasteiger charge is 2.08. The van der Waals surface area contributed by atoms with Crippen molar-refractivity contribution in [3.8, 4) is 0 Å². The maximum Gasteiger partial charge on any atom is 0.0594 e. The Morgan fingerprint density at radius 1 is 1.11 bits per heavy atom. The second-order valence-corrected chi connectivity index (χ2v) is 5.34. The summed E-state index contributed by atoms with van der Waals surface area (Å²) < 4.78 is 5.85. The van der Waals surface area contributed by atoms with Crippen LogP contribution in [-0.4, -0.2) is 50.3 Å². The average Bonchev–Trinajstić information content (AvgIpc) is 2.42. The van der Waals surface area contributed by atoms with Crippen LogP contribution in [0.3, 0.4) is 0 Å². The standard InChI is InChI=1S/C15H32N2O/c1-3-8-15(4-2)18-14-10-16-9-13-17-11-6-5-7-12-17/h15-16H,3-14H2,1-2H3. The lowest BCUT2D eigenvalue weighted by Crippen LogP contribution is -2.36. The molecule has 108 valence electrons. The van der Waals surface area contributed by atoms with Gasteiger partial charge in [-0.2, -0.15) is 0 Å². The van der Waals surface area contributed by atoms with E-state index in [-0.39, 0.29) is 0 Å². The van der Waals surface area contributed by atoms with E-state index in [0.29, 0.717) is 6.10 Å². The molecule has 0 spiro atoms. The Kier molecular flexibility index (Phi) is 9.54. The fourth-order valence-electron chi connectivity index (χ4n) is 2.57. The smallest absolute Gasteiger partial charge is 0.0594 e. The molecule has 1 heterocycles. The fraction of sp³-hybridized carbons (Fsp3) is 1.00. The first-order valence-corrected chi connectivity index (χ1v) is 7.91. The molecular formula is C15H32N2O. The Hall–Kier alpha value is -0.120. The number of piperidine rings is 1. The topological polar surface area (TPSA) is 24.5 Å². The van der Waals surface area contributed by atoms with Gasteiger partial charge in [-0.1, -0.05) is 26.7 Å². The lowest BCUT2D eigenvalue weighted by molar-refractivity contribution is 0.0461. The highest BCUT2D eigenvalue weighted by Crippen LogP contribution is 2.07. The highest BCUT2D eigenvalue weighted by atomic mass is 16.5. The van der Waals surface area contributed by atoms with E-state index < -0.39 is 0 Å². The Balaban J connectivity index is 1.88. The predicted octanol–water partition coefficient (Wildman–Crippen LogP) is 2.66. The van der Waals surface area contributed by atoms with Crippen LogP contribution < -0.4 is 5.32 Å². The van der Waals surface area contributed by atoms with E-state index in [1.165, 1.54) is 51.7 Å². The zero-order valence-corrected chi connectivity index (χ0v) is 12.4. The van der Waals surface area contributed by atoms with Crippen molar-refractivity contribution in [1.29, 1.82) is 0 Å². The van der Waals surface area contributed by atoms with Crippen LogP contribution in [0.2, 0.25) is 0 Å². The van der Waals surface area contributed by atoms with Gasteiger partial charge in [0.2, 0.25) is 0 Å². The Labute approximate surface area is 113 Å². The zero-order chi connectivity index (χ0) is 13.1. The van der Waals surface area contributed by atoms with Crippen LogP contribution in [0, 0.1) is 0 Å². The van der Waals surface area contributed by atoms with Crippen molar-refractivity contribution in [1.82, 2.24) is 10.2 Å². The highest BCUT2D eigenvalue weighted by molar-refractivity contribution is 4.65. The molecule has 1 atom stereocenters. The van der Waals surface area contributed by atoms with Gasteiger partial charge in [-0.3, -0.25) is 0 Å². The molecular weight excluding hydrogens is 224 g/mol. The molecule has 1 rings (SSSR count). The fourth-order valence-corrected chi connectivity index (χ4v) is 2.57. The number of rotatable bonds is 10. The van der Waals surface area contributed by atoms with Crippen molar-refractivity contribution in [2.45, 2.75) is 58.5 Å². The Morgan fingerprint density at radius 2 is 1.89 bits per heavy atom. The van der Waals surface area contributed by atoms with Crippen LogP contribution >= 0.6 is 0 Å². The number of ether oxygens (including phenoxy) is 1. The second kappa shape index (κ2) is 10.8. The summed E-state index contributed by atoms with van der Waals surface area (Å²) in [5, 5.41) is 3.49. The lowest BCUT2D eigenvalue weighted by Gasteiger charge is -2.26.